The maximum absolute atomic E-state index is 14.7. The van der Waals surface area contributed by atoms with E-state index in [2.05, 4.69) is 10.3 Å². The molecule has 0 aliphatic rings. The van der Waals surface area contributed by atoms with Crippen molar-refractivity contribution < 1.29 is 4.39 Å². The van der Waals surface area contributed by atoms with Crippen LogP contribution in [-0.4, -0.2) is 15.8 Å². The van der Waals surface area contributed by atoms with Gasteiger partial charge in [-0.15, -0.1) is 0 Å². The second-order valence-electron chi connectivity index (χ2n) is 6.79. The first-order chi connectivity index (χ1) is 14.6. The molecule has 5 nitrogen and oxygen atoms in total. The molecule has 4 rings (SSSR count). The highest BCUT2D eigenvalue weighted by molar-refractivity contribution is 5.86. The van der Waals surface area contributed by atoms with Crippen molar-refractivity contribution in [2.24, 2.45) is 0 Å². The third-order valence-electron chi connectivity index (χ3n) is 4.71. The fraction of sp³-hybridized carbons (Fsp3) is 0.0417. The molecule has 6 heteroatoms. The Bertz CT molecular complexity index is 1260. The molecular formula is C24H19FN4O. The van der Waals surface area contributed by atoms with Crippen LogP contribution in [0.4, 0.5) is 15.9 Å². The molecule has 2 N–H and O–H groups in total. The molecular weight excluding hydrogens is 379 g/mol. The number of aromatic nitrogens is 2. The quantitative estimate of drug-likeness (QED) is 0.460. The molecule has 0 fully saturated rings. The molecule has 148 valence electrons. The normalized spacial score (nSPS) is 10.6. The van der Waals surface area contributed by atoms with E-state index in [4.69, 9.17) is 5.41 Å². The van der Waals surface area contributed by atoms with Crippen molar-refractivity contribution in [3.8, 4) is 17.1 Å². The lowest BCUT2D eigenvalue weighted by atomic mass is 10.1. The van der Waals surface area contributed by atoms with Gasteiger partial charge in [-0.1, -0.05) is 48.0 Å². The third kappa shape index (κ3) is 3.63. The SMILES string of the molecule is Cc1ccc(-n2c(-c3ccccc3F)nc(Nc3ccccc3)c(C=N)c2=O)cc1. The molecule has 0 saturated carbocycles. The summed E-state index contributed by atoms with van der Waals surface area (Å²) in [6, 6.07) is 22.7. The maximum atomic E-state index is 14.7. The minimum absolute atomic E-state index is 0.0829. The lowest BCUT2D eigenvalue weighted by molar-refractivity contribution is 0.629. The molecule has 1 aromatic heterocycles. The van der Waals surface area contributed by atoms with E-state index >= 15 is 0 Å². The van der Waals surface area contributed by atoms with Gasteiger partial charge in [-0.3, -0.25) is 9.36 Å². The van der Waals surface area contributed by atoms with Crippen LogP contribution in [0, 0.1) is 18.2 Å². The molecule has 0 bridgehead atoms. The molecule has 3 aromatic carbocycles. The maximum Gasteiger partial charge on any atom is 0.269 e. The number of nitrogens with one attached hydrogen (secondary N) is 2. The number of hydrogen-bond donors (Lipinski definition) is 2. The van der Waals surface area contributed by atoms with Crippen LogP contribution in [0.25, 0.3) is 17.1 Å². The largest absolute Gasteiger partial charge is 0.339 e. The molecule has 30 heavy (non-hydrogen) atoms. The Labute approximate surface area is 173 Å². The van der Waals surface area contributed by atoms with Gasteiger partial charge in [0.15, 0.2) is 5.82 Å². The van der Waals surface area contributed by atoms with Crippen LogP contribution in [0.5, 0.6) is 0 Å². The number of benzene rings is 3. The highest BCUT2D eigenvalue weighted by Crippen LogP contribution is 2.26. The van der Waals surface area contributed by atoms with Crippen molar-refractivity contribution in [3.63, 3.8) is 0 Å². The summed E-state index contributed by atoms with van der Waals surface area (Å²) < 4.78 is 16.0. The van der Waals surface area contributed by atoms with Crippen LogP contribution in [0.15, 0.2) is 83.7 Å². The topological polar surface area (TPSA) is 70.8 Å². The summed E-state index contributed by atoms with van der Waals surface area (Å²) in [5.41, 5.74) is 2.11. The molecule has 0 saturated heterocycles. The van der Waals surface area contributed by atoms with E-state index in [1.54, 1.807) is 30.3 Å². The average molecular weight is 398 g/mol. The first-order valence-electron chi connectivity index (χ1n) is 9.40. The first kappa shape index (κ1) is 19.3. The van der Waals surface area contributed by atoms with Crippen molar-refractivity contribution >= 4 is 17.7 Å². The summed E-state index contributed by atoms with van der Waals surface area (Å²) in [5, 5.41) is 10.9. The number of hydrogen-bond acceptors (Lipinski definition) is 4. The van der Waals surface area contributed by atoms with E-state index in [1.807, 2.05) is 49.4 Å². The summed E-state index contributed by atoms with van der Waals surface area (Å²) in [6.45, 7) is 1.94. The number of anilines is 2. The summed E-state index contributed by atoms with van der Waals surface area (Å²) in [5.74, 6) is -0.132. The van der Waals surface area contributed by atoms with Crippen LogP contribution < -0.4 is 10.9 Å². The first-order valence-corrected chi connectivity index (χ1v) is 9.40. The van der Waals surface area contributed by atoms with Gasteiger partial charge >= 0.3 is 0 Å². The van der Waals surface area contributed by atoms with Crippen molar-refractivity contribution in [2.75, 3.05) is 5.32 Å². The average Bonchev–Trinajstić information content (AvgIpc) is 2.76. The summed E-state index contributed by atoms with van der Waals surface area (Å²) >= 11 is 0. The molecule has 0 aliphatic heterocycles. The van der Waals surface area contributed by atoms with Crippen LogP contribution in [0.2, 0.25) is 0 Å². The zero-order valence-corrected chi connectivity index (χ0v) is 16.3. The molecule has 0 unspecified atom stereocenters. The Morgan fingerprint density at radius 2 is 1.63 bits per heavy atom. The predicted molar refractivity (Wildman–Crippen MR) is 118 cm³/mol. The molecule has 1 heterocycles. The predicted octanol–water partition coefficient (Wildman–Crippen LogP) is 5.09. The van der Waals surface area contributed by atoms with Gasteiger partial charge < -0.3 is 10.7 Å². The Kier molecular flexibility index (Phi) is 5.22. The van der Waals surface area contributed by atoms with Crippen molar-refractivity contribution in [1.82, 2.24) is 9.55 Å². The Hall–Kier alpha value is -4.06. The van der Waals surface area contributed by atoms with Gasteiger partial charge in [-0.25, -0.2) is 9.37 Å². The van der Waals surface area contributed by atoms with Crippen LogP contribution >= 0.6 is 0 Å². The molecule has 0 radical (unpaired) electrons. The lowest BCUT2D eigenvalue weighted by Crippen LogP contribution is -2.27. The number of nitrogens with zero attached hydrogens (tertiary/aromatic N) is 2. The van der Waals surface area contributed by atoms with Crippen LogP contribution in [0.1, 0.15) is 11.1 Å². The van der Waals surface area contributed by atoms with E-state index < -0.39 is 11.4 Å². The number of rotatable bonds is 5. The third-order valence-corrected chi connectivity index (χ3v) is 4.71. The minimum Gasteiger partial charge on any atom is -0.339 e. The van der Waals surface area contributed by atoms with Crippen molar-refractivity contribution in [3.05, 3.63) is 106 Å². The van der Waals surface area contributed by atoms with Crippen LogP contribution in [0.3, 0.4) is 0 Å². The fourth-order valence-corrected chi connectivity index (χ4v) is 3.17. The number of para-hydroxylation sites is 1. The Morgan fingerprint density at radius 3 is 2.30 bits per heavy atom. The Balaban J connectivity index is 2.02. The highest BCUT2D eigenvalue weighted by atomic mass is 19.1. The summed E-state index contributed by atoms with van der Waals surface area (Å²) in [4.78, 5) is 18.0. The molecule has 0 amide bonds. The van der Waals surface area contributed by atoms with E-state index in [-0.39, 0.29) is 22.8 Å². The lowest BCUT2D eigenvalue weighted by Gasteiger charge is -2.17. The Morgan fingerprint density at radius 1 is 0.967 bits per heavy atom. The van der Waals surface area contributed by atoms with Crippen molar-refractivity contribution in [1.29, 1.82) is 5.41 Å². The molecule has 0 atom stereocenters. The van der Waals surface area contributed by atoms with Gasteiger partial charge in [-0.2, -0.15) is 0 Å². The van der Waals surface area contributed by atoms with Gasteiger partial charge in [0.05, 0.1) is 11.3 Å². The summed E-state index contributed by atoms with van der Waals surface area (Å²) in [6.07, 6.45) is 0.969. The standard InChI is InChI=1S/C24H19FN4O/c1-16-11-13-18(14-12-16)29-23(19-9-5-6-10-21(19)25)28-22(20(15-26)24(29)30)27-17-7-3-2-4-8-17/h2-15,26-27H,1H3. The number of halogens is 1. The van der Waals surface area contributed by atoms with Crippen molar-refractivity contribution in [2.45, 2.75) is 6.92 Å². The molecule has 0 spiro atoms. The van der Waals surface area contributed by atoms with Gasteiger partial charge in [0.2, 0.25) is 0 Å². The zero-order valence-electron chi connectivity index (χ0n) is 16.3. The highest BCUT2D eigenvalue weighted by Gasteiger charge is 2.20. The smallest absolute Gasteiger partial charge is 0.269 e. The second-order valence-corrected chi connectivity index (χ2v) is 6.79. The van der Waals surface area contributed by atoms with Gasteiger partial charge in [0.1, 0.15) is 17.2 Å². The summed E-state index contributed by atoms with van der Waals surface area (Å²) in [7, 11) is 0. The monoisotopic (exact) mass is 398 g/mol. The molecule has 4 aromatic rings. The second kappa shape index (κ2) is 8.13. The fourth-order valence-electron chi connectivity index (χ4n) is 3.17. The van der Waals surface area contributed by atoms with E-state index in [0.717, 1.165) is 11.8 Å². The zero-order chi connectivity index (χ0) is 21.1. The van der Waals surface area contributed by atoms with E-state index in [1.165, 1.54) is 10.6 Å². The molecule has 0 aliphatic carbocycles. The van der Waals surface area contributed by atoms with E-state index in [9.17, 15) is 9.18 Å². The van der Waals surface area contributed by atoms with Gasteiger partial charge in [-0.05, 0) is 43.3 Å². The number of aryl methyl sites for hydroxylation is 1. The van der Waals surface area contributed by atoms with Gasteiger partial charge in [0.25, 0.3) is 5.56 Å². The van der Waals surface area contributed by atoms with Crippen LogP contribution in [-0.2, 0) is 0 Å². The minimum atomic E-state index is -0.487. The van der Waals surface area contributed by atoms with Gasteiger partial charge in [0, 0.05) is 11.9 Å². The van der Waals surface area contributed by atoms with E-state index in [0.29, 0.717) is 11.4 Å².